The van der Waals surface area contributed by atoms with E-state index in [4.69, 9.17) is 0 Å². The maximum atomic E-state index is 12.5. The van der Waals surface area contributed by atoms with Crippen LogP contribution in [0.3, 0.4) is 0 Å². The van der Waals surface area contributed by atoms with E-state index in [-0.39, 0.29) is 17.0 Å². The molecule has 3 rings (SSSR count). The van der Waals surface area contributed by atoms with E-state index in [0.29, 0.717) is 12.2 Å². The van der Waals surface area contributed by atoms with Crippen LogP contribution in [-0.2, 0) is 6.18 Å². The highest BCUT2D eigenvalue weighted by molar-refractivity contribution is 7.99. The summed E-state index contributed by atoms with van der Waals surface area (Å²) in [6, 6.07) is 7.84. The number of hydrogen-bond donors (Lipinski definition) is 1. The van der Waals surface area contributed by atoms with E-state index < -0.39 is 23.5 Å². The number of alkyl halides is 3. The molecule has 1 N–H and O–H groups in total. The molecule has 0 saturated carbocycles. The fraction of sp³-hybridized carbons (Fsp3) is 0.333. The van der Waals surface area contributed by atoms with E-state index in [0.717, 1.165) is 5.75 Å². The SMILES string of the molecule is N#C[C@]1(NC(=O)c2ccc(-c3noc(C(F)(F)F)n3)cc2)CCSC1. The number of carbonyl (C=O) groups excluding carboxylic acids is 1. The van der Waals surface area contributed by atoms with Crippen LogP contribution in [0.1, 0.15) is 22.7 Å². The number of halogens is 3. The lowest BCUT2D eigenvalue weighted by Crippen LogP contribution is -2.47. The standard InChI is InChI=1S/C15H11F3N4O2S/c16-15(17,18)13-20-11(22-24-13)9-1-3-10(4-2-9)12(23)21-14(7-19)5-6-25-8-14/h1-4H,5-6,8H2,(H,21,23)/t14-/m1/s1. The van der Waals surface area contributed by atoms with Crippen LogP contribution in [0.5, 0.6) is 0 Å². The Morgan fingerprint density at radius 1 is 1.36 bits per heavy atom. The number of thioether (sulfide) groups is 1. The van der Waals surface area contributed by atoms with Crippen molar-refractivity contribution in [3.8, 4) is 17.5 Å². The Balaban J connectivity index is 1.75. The average molecular weight is 368 g/mol. The second-order valence-electron chi connectivity index (χ2n) is 5.45. The molecule has 2 aromatic rings. The van der Waals surface area contributed by atoms with Crippen molar-refractivity contribution in [1.82, 2.24) is 15.5 Å². The number of nitrogens with one attached hydrogen (secondary N) is 1. The maximum absolute atomic E-state index is 12.5. The van der Waals surface area contributed by atoms with Gasteiger partial charge in [0.1, 0.15) is 5.54 Å². The maximum Gasteiger partial charge on any atom is 0.471 e. The van der Waals surface area contributed by atoms with Gasteiger partial charge in [0.05, 0.1) is 6.07 Å². The first-order valence-electron chi connectivity index (χ1n) is 7.16. The topological polar surface area (TPSA) is 91.8 Å². The summed E-state index contributed by atoms with van der Waals surface area (Å²) >= 11 is 1.59. The molecule has 1 aliphatic heterocycles. The molecule has 1 aromatic carbocycles. The molecule has 1 saturated heterocycles. The van der Waals surface area contributed by atoms with Gasteiger partial charge in [-0.1, -0.05) is 17.3 Å². The Bertz CT molecular complexity index is 821. The van der Waals surface area contributed by atoms with Crippen molar-refractivity contribution in [3.05, 3.63) is 35.7 Å². The molecule has 1 aliphatic rings. The zero-order chi connectivity index (χ0) is 18.1. The van der Waals surface area contributed by atoms with Gasteiger partial charge in [-0.3, -0.25) is 4.79 Å². The third kappa shape index (κ3) is 3.61. The Morgan fingerprint density at radius 3 is 2.60 bits per heavy atom. The van der Waals surface area contributed by atoms with Gasteiger partial charge in [-0.25, -0.2) is 0 Å². The number of amides is 1. The summed E-state index contributed by atoms with van der Waals surface area (Å²) in [7, 11) is 0. The summed E-state index contributed by atoms with van der Waals surface area (Å²) in [6.45, 7) is 0. The summed E-state index contributed by atoms with van der Waals surface area (Å²) in [6.07, 6.45) is -4.14. The number of carbonyl (C=O) groups is 1. The Labute approximate surface area is 144 Å². The van der Waals surface area contributed by atoms with Crippen molar-refractivity contribution in [2.24, 2.45) is 0 Å². The molecule has 130 valence electrons. The van der Waals surface area contributed by atoms with E-state index in [1.54, 1.807) is 11.8 Å². The summed E-state index contributed by atoms with van der Waals surface area (Å²) in [5.41, 5.74) is -0.313. The fourth-order valence-electron chi connectivity index (χ4n) is 2.30. The van der Waals surface area contributed by atoms with Crippen LogP contribution in [0.15, 0.2) is 28.8 Å². The van der Waals surface area contributed by atoms with E-state index >= 15 is 0 Å². The highest BCUT2D eigenvalue weighted by Crippen LogP contribution is 2.30. The third-order valence-corrected chi connectivity index (χ3v) is 4.85. The van der Waals surface area contributed by atoms with Crippen molar-refractivity contribution in [1.29, 1.82) is 5.26 Å². The first kappa shape index (κ1) is 17.3. The predicted molar refractivity (Wildman–Crippen MR) is 82.5 cm³/mol. The lowest BCUT2D eigenvalue weighted by molar-refractivity contribution is -0.159. The number of nitrogens with zero attached hydrogens (tertiary/aromatic N) is 3. The monoisotopic (exact) mass is 368 g/mol. The first-order valence-corrected chi connectivity index (χ1v) is 8.31. The van der Waals surface area contributed by atoms with Crippen LogP contribution in [0.25, 0.3) is 11.4 Å². The van der Waals surface area contributed by atoms with Crippen molar-refractivity contribution < 1.29 is 22.5 Å². The van der Waals surface area contributed by atoms with E-state index in [1.165, 1.54) is 24.3 Å². The van der Waals surface area contributed by atoms with Crippen molar-refractivity contribution >= 4 is 17.7 Å². The van der Waals surface area contributed by atoms with Gasteiger partial charge in [0, 0.05) is 16.9 Å². The largest absolute Gasteiger partial charge is 0.471 e. The van der Waals surface area contributed by atoms with Gasteiger partial charge in [-0.05, 0) is 24.3 Å². The number of rotatable bonds is 3. The van der Waals surface area contributed by atoms with Gasteiger partial charge in [-0.15, -0.1) is 0 Å². The minimum Gasteiger partial charge on any atom is -0.333 e. The van der Waals surface area contributed by atoms with Crippen LogP contribution >= 0.6 is 11.8 Å². The Kier molecular flexibility index (Phi) is 4.43. The molecule has 0 unspecified atom stereocenters. The highest BCUT2D eigenvalue weighted by atomic mass is 32.2. The van der Waals surface area contributed by atoms with Crippen molar-refractivity contribution in [3.63, 3.8) is 0 Å². The average Bonchev–Trinajstić information content (AvgIpc) is 3.24. The third-order valence-electron chi connectivity index (χ3n) is 3.66. The van der Waals surface area contributed by atoms with Crippen LogP contribution in [-0.4, -0.2) is 33.1 Å². The molecule has 1 aromatic heterocycles. The molecule has 2 heterocycles. The van der Waals surface area contributed by atoms with Gasteiger partial charge >= 0.3 is 12.1 Å². The quantitative estimate of drug-likeness (QED) is 0.896. The summed E-state index contributed by atoms with van der Waals surface area (Å²) in [4.78, 5) is 15.6. The normalized spacial score (nSPS) is 20.2. The Morgan fingerprint density at radius 2 is 2.08 bits per heavy atom. The van der Waals surface area contributed by atoms with Crippen molar-refractivity contribution in [2.45, 2.75) is 18.1 Å². The second-order valence-corrected chi connectivity index (χ2v) is 6.55. The number of nitriles is 1. The van der Waals surface area contributed by atoms with Gasteiger partial charge in [0.25, 0.3) is 5.91 Å². The van der Waals surface area contributed by atoms with Gasteiger partial charge in [-0.2, -0.15) is 35.2 Å². The Hall–Kier alpha value is -2.54. The van der Waals surface area contributed by atoms with Crippen LogP contribution < -0.4 is 5.32 Å². The number of hydrogen-bond acceptors (Lipinski definition) is 6. The molecule has 1 fully saturated rings. The molecule has 0 radical (unpaired) electrons. The molecule has 25 heavy (non-hydrogen) atoms. The molecule has 6 nitrogen and oxygen atoms in total. The zero-order valence-electron chi connectivity index (χ0n) is 12.6. The van der Waals surface area contributed by atoms with Gasteiger partial charge in [0.15, 0.2) is 0 Å². The van der Waals surface area contributed by atoms with E-state index in [9.17, 15) is 23.2 Å². The lowest BCUT2D eigenvalue weighted by atomic mass is 10.0. The highest BCUT2D eigenvalue weighted by Gasteiger charge is 2.38. The molecule has 0 aliphatic carbocycles. The number of aromatic nitrogens is 2. The summed E-state index contributed by atoms with van der Waals surface area (Å²) in [5.74, 6) is -0.749. The zero-order valence-corrected chi connectivity index (χ0v) is 13.4. The molecule has 10 heteroatoms. The minimum absolute atomic E-state index is 0.222. The van der Waals surface area contributed by atoms with Crippen LogP contribution in [0.2, 0.25) is 0 Å². The van der Waals surface area contributed by atoms with E-state index in [1.807, 2.05) is 0 Å². The second kappa shape index (κ2) is 6.40. The van der Waals surface area contributed by atoms with Gasteiger partial charge < -0.3 is 9.84 Å². The molecule has 1 atom stereocenters. The van der Waals surface area contributed by atoms with Crippen LogP contribution in [0.4, 0.5) is 13.2 Å². The van der Waals surface area contributed by atoms with Crippen LogP contribution in [0, 0.1) is 11.3 Å². The minimum atomic E-state index is -4.71. The smallest absolute Gasteiger partial charge is 0.333 e. The lowest BCUT2D eigenvalue weighted by Gasteiger charge is -2.21. The molecule has 1 amide bonds. The molecular formula is C15H11F3N4O2S. The predicted octanol–water partition coefficient (Wildman–Crippen LogP) is 2.88. The fourth-order valence-corrected chi connectivity index (χ4v) is 3.56. The molecule has 0 spiro atoms. The van der Waals surface area contributed by atoms with Crippen molar-refractivity contribution in [2.75, 3.05) is 11.5 Å². The number of benzene rings is 1. The molecular weight excluding hydrogens is 357 g/mol. The molecule has 0 bridgehead atoms. The van der Waals surface area contributed by atoms with E-state index in [2.05, 4.69) is 26.0 Å². The summed E-state index contributed by atoms with van der Waals surface area (Å²) in [5, 5.41) is 15.3. The first-order chi connectivity index (χ1) is 11.8. The van der Waals surface area contributed by atoms with Gasteiger partial charge in [0.2, 0.25) is 5.82 Å². The summed E-state index contributed by atoms with van der Waals surface area (Å²) < 4.78 is 41.6.